The number of thiazole rings is 1. The Hall–Kier alpha value is -2.21. The van der Waals surface area contributed by atoms with Gasteiger partial charge in [0.15, 0.2) is 0 Å². The zero-order valence-corrected chi connectivity index (χ0v) is 15.0. The summed E-state index contributed by atoms with van der Waals surface area (Å²) in [4.78, 5) is 31.3. The predicted octanol–water partition coefficient (Wildman–Crippen LogP) is 3.38. The summed E-state index contributed by atoms with van der Waals surface area (Å²) in [7, 11) is 0. The van der Waals surface area contributed by atoms with Gasteiger partial charge in [-0.05, 0) is 51.0 Å². The van der Waals surface area contributed by atoms with E-state index in [1.807, 2.05) is 43.9 Å². The quantitative estimate of drug-likeness (QED) is 0.926. The molecule has 3 rings (SSSR count). The fourth-order valence-electron chi connectivity index (χ4n) is 3.03. The molecule has 2 aromatic rings. The molecule has 1 N–H and O–H groups in total. The van der Waals surface area contributed by atoms with Crippen LogP contribution in [-0.4, -0.2) is 23.3 Å². The van der Waals surface area contributed by atoms with Gasteiger partial charge in [-0.25, -0.2) is 4.98 Å². The Morgan fingerprint density at radius 2 is 2.12 bits per heavy atom. The Labute approximate surface area is 145 Å². The Kier molecular flexibility index (Phi) is 4.66. The van der Waals surface area contributed by atoms with Gasteiger partial charge < -0.3 is 10.2 Å². The summed E-state index contributed by atoms with van der Waals surface area (Å²) in [6, 6.07) is 5.69. The van der Waals surface area contributed by atoms with Gasteiger partial charge in [0.05, 0.1) is 17.1 Å². The van der Waals surface area contributed by atoms with Crippen molar-refractivity contribution in [1.29, 1.82) is 0 Å². The van der Waals surface area contributed by atoms with Gasteiger partial charge in [-0.15, -0.1) is 11.3 Å². The monoisotopic (exact) mass is 343 g/mol. The van der Waals surface area contributed by atoms with Crippen LogP contribution in [0.2, 0.25) is 0 Å². The van der Waals surface area contributed by atoms with Gasteiger partial charge in [0.2, 0.25) is 11.8 Å². The van der Waals surface area contributed by atoms with Crippen LogP contribution in [0.15, 0.2) is 18.2 Å². The number of aryl methyl sites for hydroxylation is 3. The zero-order valence-electron chi connectivity index (χ0n) is 14.2. The van der Waals surface area contributed by atoms with E-state index in [1.54, 1.807) is 11.3 Å². The number of aromatic nitrogens is 1. The van der Waals surface area contributed by atoms with E-state index < -0.39 is 0 Å². The van der Waals surface area contributed by atoms with Crippen LogP contribution in [0.1, 0.15) is 34.0 Å². The molecule has 0 spiro atoms. The van der Waals surface area contributed by atoms with E-state index in [4.69, 9.17) is 0 Å². The molecule has 0 radical (unpaired) electrons. The fraction of sp³-hybridized carbons (Fsp3) is 0.389. The number of nitrogens with zero attached hydrogens (tertiary/aromatic N) is 2. The van der Waals surface area contributed by atoms with Crippen LogP contribution in [0.5, 0.6) is 0 Å². The van der Waals surface area contributed by atoms with Crippen molar-refractivity contribution in [3.05, 3.63) is 39.3 Å². The minimum absolute atomic E-state index is 0.0499. The lowest BCUT2D eigenvalue weighted by Crippen LogP contribution is -2.24. The Morgan fingerprint density at radius 3 is 2.71 bits per heavy atom. The molecule has 0 unspecified atom stereocenters. The predicted molar refractivity (Wildman–Crippen MR) is 96.7 cm³/mol. The fourth-order valence-corrected chi connectivity index (χ4v) is 3.96. The van der Waals surface area contributed by atoms with Crippen LogP contribution in [0, 0.1) is 20.8 Å². The van der Waals surface area contributed by atoms with Crippen LogP contribution < -0.4 is 10.2 Å². The summed E-state index contributed by atoms with van der Waals surface area (Å²) in [6.07, 6.45) is 1.86. The van der Waals surface area contributed by atoms with Crippen LogP contribution >= 0.6 is 11.3 Å². The molecule has 1 aromatic heterocycles. The number of hydrogen-bond donors (Lipinski definition) is 1. The lowest BCUT2D eigenvalue weighted by Gasteiger charge is -2.19. The first-order chi connectivity index (χ1) is 11.4. The molecule has 126 valence electrons. The molecule has 1 fully saturated rings. The summed E-state index contributed by atoms with van der Waals surface area (Å²) in [5.41, 5.74) is 3.61. The second-order valence-electron chi connectivity index (χ2n) is 6.12. The number of anilines is 2. The minimum atomic E-state index is -0.0499. The summed E-state index contributed by atoms with van der Waals surface area (Å²) in [5, 5.41) is 3.91. The topological polar surface area (TPSA) is 62.3 Å². The van der Waals surface area contributed by atoms with Crippen molar-refractivity contribution < 1.29 is 9.59 Å². The Bertz CT molecular complexity index is 798. The molecular formula is C18H21N3O2S. The highest BCUT2D eigenvalue weighted by atomic mass is 32.1. The molecule has 0 atom stereocenters. The smallest absolute Gasteiger partial charge is 0.229 e. The lowest BCUT2D eigenvalue weighted by atomic mass is 10.1. The second kappa shape index (κ2) is 6.73. The molecule has 1 aromatic carbocycles. The Balaban J connectivity index is 1.69. The van der Waals surface area contributed by atoms with E-state index in [9.17, 15) is 9.59 Å². The van der Waals surface area contributed by atoms with Crippen LogP contribution in [0.4, 0.5) is 11.4 Å². The van der Waals surface area contributed by atoms with E-state index in [-0.39, 0.29) is 11.8 Å². The van der Waals surface area contributed by atoms with Gasteiger partial charge in [-0.3, -0.25) is 9.59 Å². The normalized spacial score (nSPS) is 14.3. The third-order valence-corrected chi connectivity index (χ3v) is 5.24. The third-order valence-electron chi connectivity index (χ3n) is 4.17. The maximum atomic E-state index is 12.3. The van der Waals surface area contributed by atoms with Crippen molar-refractivity contribution >= 4 is 34.5 Å². The average Bonchev–Trinajstić information content (AvgIpc) is 3.05. The number of benzene rings is 1. The van der Waals surface area contributed by atoms with Crippen LogP contribution in [0.3, 0.4) is 0 Å². The molecule has 1 saturated heterocycles. The molecule has 2 heterocycles. The SMILES string of the molecule is Cc1nc(C)c(CC(=O)Nc2ccc(N3CCCC3=O)c(C)c2)s1. The number of nitrogens with one attached hydrogen (secondary N) is 1. The van der Waals surface area contributed by atoms with E-state index in [0.717, 1.165) is 45.5 Å². The van der Waals surface area contributed by atoms with Crippen molar-refractivity contribution in [3.63, 3.8) is 0 Å². The van der Waals surface area contributed by atoms with Gasteiger partial charge in [0.1, 0.15) is 0 Å². The number of amides is 2. The number of carbonyl (C=O) groups is 2. The first-order valence-corrected chi connectivity index (χ1v) is 8.89. The van der Waals surface area contributed by atoms with E-state index >= 15 is 0 Å². The third kappa shape index (κ3) is 3.48. The first-order valence-electron chi connectivity index (χ1n) is 8.08. The van der Waals surface area contributed by atoms with Crippen LogP contribution in [0.25, 0.3) is 0 Å². The van der Waals surface area contributed by atoms with Gasteiger partial charge in [-0.1, -0.05) is 0 Å². The zero-order chi connectivity index (χ0) is 17.3. The molecule has 6 heteroatoms. The maximum absolute atomic E-state index is 12.3. The van der Waals surface area contributed by atoms with Gasteiger partial charge in [-0.2, -0.15) is 0 Å². The van der Waals surface area contributed by atoms with Gasteiger partial charge in [0.25, 0.3) is 0 Å². The molecule has 0 saturated carbocycles. The molecule has 5 nitrogen and oxygen atoms in total. The molecule has 0 aliphatic carbocycles. The van der Waals surface area contributed by atoms with Gasteiger partial charge >= 0.3 is 0 Å². The van der Waals surface area contributed by atoms with E-state index in [2.05, 4.69) is 10.3 Å². The molecule has 1 aliphatic rings. The first kappa shape index (κ1) is 16.6. The highest BCUT2D eigenvalue weighted by Crippen LogP contribution is 2.27. The van der Waals surface area contributed by atoms with Crippen molar-refractivity contribution in [1.82, 2.24) is 4.98 Å². The highest BCUT2D eigenvalue weighted by molar-refractivity contribution is 7.11. The van der Waals surface area contributed by atoms with Gasteiger partial charge in [0, 0.05) is 29.2 Å². The number of hydrogen-bond acceptors (Lipinski definition) is 4. The molecule has 2 amide bonds. The summed E-state index contributed by atoms with van der Waals surface area (Å²) in [5.74, 6) is 0.122. The Morgan fingerprint density at radius 1 is 1.33 bits per heavy atom. The molecular weight excluding hydrogens is 322 g/mol. The second-order valence-corrected chi connectivity index (χ2v) is 7.40. The number of rotatable bonds is 4. The van der Waals surface area contributed by atoms with Crippen molar-refractivity contribution in [2.24, 2.45) is 0 Å². The lowest BCUT2D eigenvalue weighted by molar-refractivity contribution is -0.117. The molecule has 1 aliphatic heterocycles. The summed E-state index contributed by atoms with van der Waals surface area (Å²) < 4.78 is 0. The largest absolute Gasteiger partial charge is 0.326 e. The molecule has 0 bridgehead atoms. The standard InChI is InChI=1S/C18H21N3O2S/c1-11-9-14(6-7-15(11)21-8-4-5-18(21)23)20-17(22)10-16-12(2)19-13(3)24-16/h6-7,9H,4-5,8,10H2,1-3H3,(H,20,22). The maximum Gasteiger partial charge on any atom is 0.229 e. The highest BCUT2D eigenvalue weighted by Gasteiger charge is 2.23. The van der Waals surface area contributed by atoms with E-state index in [0.29, 0.717) is 12.8 Å². The van der Waals surface area contributed by atoms with Crippen LogP contribution in [-0.2, 0) is 16.0 Å². The minimum Gasteiger partial charge on any atom is -0.326 e. The molecule has 24 heavy (non-hydrogen) atoms. The summed E-state index contributed by atoms with van der Waals surface area (Å²) in [6.45, 7) is 6.61. The van der Waals surface area contributed by atoms with E-state index in [1.165, 1.54) is 0 Å². The summed E-state index contributed by atoms with van der Waals surface area (Å²) >= 11 is 1.56. The average molecular weight is 343 g/mol. The van der Waals surface area contributed by atoms with Crippen molar-refractivity contribution in [3.8, 4) is 0 Å². The number of carbonyl (C=O) groups excluding carboxylic acids is 2. The van der Waals surface area contributed by atoms with Crippen molar-refractivity contribution in [2.45, 2.75) is 40.0 Å². The van der Waals surface area contributed by atoms with Crippen molar-refractivity contribution in [2.75, 3.05) is 16.8 Å².